The highest BCUT2D eigenvalue weighted by atomic mass is 79.9. The summed E-state index contributed by atoms with van der Waals surface area (Å²) >= 11 is 4.38. The minimum Gasteiger partial charge on any atom is -0.308 e. The van der Waals surface area contributed by atoms with E-state index in [9.17, 15) is 9.59 Å². The number of fused-ring (bicyclic) bond motifs is 1. The van der Waals surface area contributed by atoms with E-state index in [-0.39, 0.29) is 17.0 Å². The molecule has 0 radical (unpaired) electrons. The minimum atomic E-state index is -0.382. The van der Waals surface area contributed by atoms with Gasteiger partial charge in [0.25, 0.3) is 11.8 Å². The predicted octanol–water partition coefficient (Wildman–Crippen LogP) is 2.32. The highest BCUT2D eigenvalue weighted by Crippen LogP contribution is 2.43. The molecule has 0 saturated carbocycles. The zero-order valence-corrected chi connectivity index (χ0v) is 12.9. The van der Waals surface area contributed by atoms with Gasteiger partial charge in [-0.15, -0.1) is 0 Å². The molecule has 2 aliphatic rings. The van der Waals surface area contributed by atoms with Crippen molar-refractivity contribution < 1.29 is 9.59 Å². The molecule has 1 fully saturated rings. The number of hydrogen-bond donors (Lipinski definition) is 2. The molecule has 7 heteroatoms. The number of amidine groups is 1. The van der Waals surface area contributed by atoms with Crippen molar-refractivity contribution >= 4 is 55.9 Å². The molecule has 102 valence electrons. The molecule has 1 saturated heterocycles. The van der Waals surface area contributed by atoms with Gasteiger partial charge in [0.1, 0.15) is 0 Å². The minimum absolute atomic E-state index is 0.0526. The molecule has 0 aromatic heterocycles. The first-order valence-electron chi connectivity index (χ1n) is 5.96. The maximum atomic E-state index is 12.5. The molecule has 0 atom stereocenters. The molecule has 2 N–H and O–H groups in total. The Morgan fingerprint density at radius 2 is 2.15 bits per heavy atom. The van der Waals surface area contributed by atoms with Crippen LogP contribution in [0.5, 0.6) is 0 Å². The van der Waals surface area contributed by atoms with Crippen LogP contribution in [0.15, 0.2) is 27.6 Å². The molecular weight excluding hydrogens is 342 g/mol. The molecule has 5 nitrogen and oxygen atoms in total. The lowest BCUT2D eigenvalue weighted by atomic mass is 10.1. The first-order chi connectivity index (χ1) is 9.52. The summed E-state index contributed by atoms with van der Waals surface area (Å²) in [5.41, 5.74) is 1.92. The van der Waals surface area contributed by atoms with Crippen molar-refractivity contribution in [3.8, 4) is 0 Å². The van der Waals surface area contributed by atoms with Crippen LogP contribution in [0, 0.1) is 5.41 Å². The number of anilines is 1. The Kier molecular flexibility index (Phi) is 3.18. The van der Waals surface area contributed by atoms with Crippen molar-refractivity contribution in [3.63, 3.8) is 0 Å². The summed E-state index contributed by atoms with van der Waals surface area (Å²) in [6, 6.07) is 5.56. The first kappa shape index (κ1) is 13.4. The molecule has 0 spiro atoms. The third-order valence-corrected chi connectivity index (χ3v) is 4.55. The fraction of sp³-hybridized carbons (Fsp3) is 0.154. The Balaban J connectivity index is 2.26. The predicted molar refractivity (Wildman–Crippen MR) is 82.5 cm³/mol. The quantitative estimate of drug-likeness (QED) is 0.762. The maximum absolute atomic E-state index is 12.5. The topological polar surface area (TPSA) is 73.3 Å². The molecular formula is C13H10BrN3O2S. The van der Waals surface area contributed by atoms with Gasteiger partial charge in [-0.05, 0) is 36.9 Å². The van der Waals surface area contributed by atoms with Gasteiger partial charge in [-0.2, -0.15) is 0 Å². The van der Waals surface area contributed by atoms with Gasteiger partial charge in [-0.3, -0.25) is 15.0 Å². The van der Waals surface area contributed by atoms with Gasteiger partial charge in [-0.25, -0.2) is 0 Å². The second-order valence-corrected chi connectivity index (χ2v) is 6.24. The van der Waals surface area contributed by atoms with Crippen LogP contribution in [-0.4, -0.2) is 23.5 Å². The highest BCUT2D eigenvalue weighted by molar-refractivity contribution is 9.10. The smallest absolute Gasteiger partial charge is 0.264 e. The summed E-state index contributed by atoms with van der Waals surface area (Å²) in [6.07, 6.45) is 0. The number of likely N-dealkylation sites (N-methyl/N-ethyl adjacent to an activating group) is 1. The average Bonchev–Trinajstić information content (AvgIpc) is 2.85. The number of amides is 2. The normalized spacial score (nSPS) is 21.5. The van der Waals surface area contributed by atoms with Crippen LogP contribution in [-0.2, 0) is 9.59 Å². The lowest BCUT2D eigenvalue weighted by Crippen LogP contribution is -2.26. The molecule has 0 aliphatic carbocycles. The second kappa shape index (κ2) is 4.75. The number of nitrogens with one attached hydrogen (secondary N) is 2. The van der Waals surface area contributed by atoms with Crippen LogP contribution >= 0.6 is 27.7 Å². The van der Waals surface area contributed by atoms with E-state index in [1.807, 2.05) is 25.1 Å². The molecule has 3 rings (SSSR count). The highest BCUT2D eigenvalue weighted by Gasteiger charge is 2.38. The number of carbonyl (C=O) groups excluding carboxylic acids is 2. The fourth-order valence-corrected chi connectivity index (χ4v) is 3.49. The number of thioether (sulfide) groups is 1. The number of nitrogens with zero attached hydrogens (tertiary/aromatic N) is 1. The molecule has 0 bridgehead atoms. The third kappa shape index (κ3) is 1.89. The summed E-state index contributed by atoms with van der Waals surface area (Å²) in [4.78, 5) is 26.4. The monoisotopic (exact) mass is 351 g/mol. The van der Waals surface area contributed by atoms with E-state index < -0.39 is 0 Å². The summed E-state index contributed by atoms with van der Waals surface area (Å²) in [7, 11) is 0. The number of halogens is 1. The SMILES string of the molecule is CCN1C(=O)/C(=C2/SC(=N)NC2=O)c2cc(Br)ccc21. The molecule has 20 heavy (non-hydrogen) atoms. The Morgan fingerprint density at radius 1 is 1.40 bits per heavy atom. The van der Waals surface area contributed by atoms with E-state index in [0.29, 0.717) is 17.0 Å². The Hall–Kier alpha value is -1.60. The largest absolute Gasteiger partial charge is 0.308 e. The van der Waals surface area contributed by atoms with Gasteiger partial charge in [0.2, 0.25) is 0 Å². The average molecular weight is 352 g/mol. The van der Waals surface area contributed by atoms with Gasteiger partial charge in [0.05, 0.1) is 16.2 Å². The van der Waals surface area contributed by atoms with Gasteiger partial charge in [-0.1, -0.05) is 15.9 Å². The first-order valence-corrected chi connectivity index (χ1v) is 7.57. The van der Waals surface area contributed by atoms with Crippen LogP contribution < -0.4 is 10.2 Å². The van der Waals surface area contributed by atoms with E-state index in [4.69, 9.17) is 5.41 Å². The van der Waals surface area contributed by atoms with Gasteiger partial charge in [0.15, 0.2) is 5.17 Å². The van der Waals surface area contributed by atoms with Crippen molar-refractivity contribution in [2.24, 2.45) is 0 Å². The van der Waals surface area contributed by atoms with Crippen molar-refractivity contribution in [1.82, 2.24) is 5.32 Å². The van der Waals surface area contributed by atoms with Crippen LogP contribution in [0.4, 0.5) is 5.69 Å². The number of rotatable bonds is 1. The number of hydrogen-bond acceptors (Lipinski definition) is 4. The maximum Gasteiger partial charge on any atom is 0.264 e. The van der Waals surface area contributed by atoms with Gasteiger partial charge >= 0.3 is 0 Å². The third-order valence-electron chi connectivity index (χ3n) is 3.16. The van der Waals surface area contributed by atoms with Crippen molar-refractivity contribution in [1.29, 1.82) is 5.41 Å². The van der Waals surface area contributed by atoms with Crippen molar-refractivity contribution in [2.75, 3.05) is 11.4 Å². The van der Waals surface area contributed by atoms with E-state index in [2.05, 4.69) is 21.2 Å². The molecule has 0 unspecified atom stereocenters. The van der Waals surface area contributed by atoms with Crippen LogP contribution in [0.2, 0.25) is 0 Å². The molecule has 2 aliphatic heterocycles. The fourth-order valence-electron chi connectivity index (χ4n) is 2.34. The summed E-state index contributed by atoms with van der Waals surface area (Å²) < 4.78 is 0.846. The lowest BCUT2D eigenvalue weighted by molar-refractivity contribution is -0.116. The zero-order chi connectivity index (χ0) is 14.4. The standard InChI is InChI=1S/C13H10BrN3O2S/c1-2-17-8-4-3-6(14)5-7(8)9(12(17)19)10-11(18)16-13(15)20-10/h3-5H,2H2,1H3,(H2,15,16,18)/b10-9+. The number of benzene rings is 1. The lowest BCUT2D eigenvalue weighted by Gasteiger charge is -2.13. The van der Waals surface area contributed by atoms with Gasteiger partial charge in [0, 0.05) is 16.6 Å². The summed E-state index contributed by atoms with van der Waals surface area (Å²) in [5.74, 6) is -0.569. The van der Waals surface area contributed by atoms with Crippen molar-refractivity contribution in [2.45, 2.75) is 6.92 Å². The van der Waals surface area contributed by atoms with E-state index in [0.717, 1.165) is 27.5 Å². The van der Waals surface area contributed by atoms with E-state index >= 15 is 0 Å². The Labute approximate surface area is 128 Å². The Morgan fingerprint density at radius 3 is 2.75 bits per heavy atom. The molecule has 1 aromatic rings. The van der Waals surface area contributed by atoms with Crippen LogP contribution in [0.25, 0.3) is 5.57 Å². The van der Waals surface area contributed by atoms with E-state index in [1.165, 1.54) is 0 Å². The zero-order valence-electron chi connectivity index (χ0n) is 10.5. The summed E-state index contributed by atoms with van der Waals surface area (Å²) in [5, 5.41) is 9.99. The summed E-state index contributed by atoms with van der Waals surface area (Å²) in [6.45, 7) is 2.43. The van der Waals surface area contributed by atoms with Crippen molar-refractivity contribution in [3.05, 3.63) is 33.1 Å². The molecule has 2 amide bonds. The van der Waals surface area contributed by atoms with E-state index in [1.54, 1.807) is 4.90 Å². The Bertz CT molecular complexity index is 699. The molecule has 1 aromatic carbocycles. The second-order valence-electron chi connectivity index (χ2n) is 4.30. The molecule has 2 heterocycles. The van der Waals surface area contributed by atoms with Crippen LogP contribution in [0.3, 0.4) is 0 Å². The number of carbonyl (C=O) groups is 2. The van der Waals surface area contributed by atoms with Crippen LogP contribution in [0.1, 0.15) is 12.5 Å². The van der Waals surface area contributed by atoms with Gasteiger partial charge < -0.3 is 10.2 Å².